The third-order valence-electron chi connectivity index (χ3n) is 13.4. The Hall–Kier alpha value is -1.80. The van der Waals surface area contributed by atoms with Crippen LogP contribution in [0.4, 0.5) is 0 Å². The lowest BCUT2D eigenvalue weighted by molar-refractivity contribution is -0.870. The maximum Gasteiger partial charge on any atom is 0.472 e. The zero-order valence-electron chi connectivity index (χ0n) is 47.5. The second kappa shape index (κ2) is 53.0. The Labute approximate surface area is 441 Å². The van der Waals surface area contributed by atoms with E-state index in [1.807, 2.05) is 27.2 Å². The fourth-order valence-corrected chi connectivity index (χ4v) is 9.43. The molecule has 0 aliphatic heterocycles. The summed E-state index contributed by atoms with van der Waals surface area (Å²) in [5.41, 5.74) is 0. The third kappa shape index (κ3) is 55.8. The molecular weight excluding hydrogens is 900 g/mol. The van der Waals surface area contributed by atoms with Crippen molar-refractivity contribution in [2.24, 2.45) is 0 Å². The van der Waals surface area contributed by atoms with Gasteiger partial charge in [-0.15, -0.1) is 0 Å². The molecule has 0 aromatic rings. The van der Waals surface area contributed by atoms with Crippen LogP contribution in [-0.2, 0) is 18.4 Å². The number of quaternary nitrogens is 1. The minimum Gasteiger partial charge on any atom is -0.387 e. The highest BCUT2D eigenvalue weighted by atomic mass is 31.2. The van der Waals surface area contributed by atoms with Crippen molar-refractivity contribution < 1.29 is 32.9 Å². The van der Waals surface area contributed by atoms with Crippen LogP contribution in [0.25, 0.3) is 0 Å². The molecule has 0 bridgehead atoms. The minimum atomic E-state index is -4.36. The fraction of sp³-hybridized carbons (Fsp3) is 0.823. The third-order valence-corrected chi connectivity index (χ3v) is 14.4. The molecule has 1 amide bonds. The van der Waals surface area contributed by atoms with Crippen LogP contribution in [0.2, 0.25) is 0 Å². The predicted octanol–water partition coefficient (Wildman–Crippen LogP) is 18.5. The van der Waals surface area contributed by atoms with Crippen molar-refractivity contribution >= 4 is 13.7 Å². The summed E-state index contributed by atoms with van der Waals surface area (Å²) in [6.07, 6.45) is 72.0. The van der Waals surface area contributed by atoms with Gasteiger partial charge in [-0.05, 0) is 77.0 Å². The number of carbonyl (C=O) groups is 1. The van der Waals surface area contributed by atoms with E-state index in [4.69, 9.17) is 9.05 Å². The molecule has 3 N–H and O–H groups in total. The summed E-state index contributed by atoms with van der Waals surface area (Å²) in [5, 5.41) is 13.9. The van der Waals surface area contributed by atoms with E-state index < -0.39 is 20.0 Å². The van der Waals surface area contributed by atoms with Gasteiger partial charge in [0.1, 0.15) is 13.2 Å². The minimum absolute atomic E-state index is 0.0528. The Balaban J connectivity index is 4.09. The highest BCUT2D eigenvalue weighted by Crippen LogP contribution is 2.43. The largest absolute Gasteiger partial charge is 0.472 e. The summed E-state index contributed by atoms with van der Waals surface area (Å²) >= 11 is 0. The molecule has 3 unspecified atom stereocenters. The van der Waals surface area contributed by atoms with Crippen molar-refractivity contribution in [2.45, 2.75) is 289 Å². The molecule has 0 aliphatic rings. The second-order valence-electron chi connectivity index (χ2n) is 21.7. The monoisotopic (exact) mass is 1020 g/mol. The van der Waals surface area contributed by atoms with Crippen LogP contribution in [0.3, 0.4) is 0 Å². The van der Waals surface area contributed by atoms with Crippen LogP contribution in [0.1, 0.15) is 277 Å². The number of hydrogen-bond acceptors (Lipinski definition) is 5. The first-order valence-electron chi connectivity index (χ1n) is 30.2. The molecule has 0 heterocycles. The normalized spacial score (nSPS) is 14.3. The summed E-state index contributed by atoms with van der Waals surface area (Å²) in [4.78, 5) is 23.3. The first-order valence-corrected chi connectivity index (χ1v) is 31.7. The molecule has 0 aromatic carbocycles. The van der Waals surface area contributed by atoms with Gasteiger partial charge in [-0.2, -0.15) is 0 Å². The Morgan fingerprint density at radius 2 is 0.817 bits per heavy atom. The second-order valence-corrected chi connectivity index (χ2v) is 23.2. The number of aliphatic hydroxyl groups is 1. The maximum absolute atomic E-state index is 13.0. The number of likely N-dealkylation sites (N-methyl/N-ethyl adjacent to an activating group) is 1. The van der Waals surface area contributed by atoms with Crippen molar-refractivity contribution in [1.29, 1.82) is 0 Å². The quantitative estimate of drug-likeness (QED) is 0.0243. The van der Waals surface area contributed by atoms with Crippen LogP contribution < -0.4 is 5.32 Å². The smallest absolute Gasteiger partial charge is 0.387 e. The number of nitrogens with one attached hydrogen (secondary N) is 1. The maximum atomic E-state index is 13.0. The van der Waals surface area contributed by atoms with Gasteiger partial charge in [0.05, 0.1) is 39.9 Å². The average Bonchev–Trinajstić information content (AvgIpc) is 3.33. The molecular formula is C62H118N2O6P+. The summed E-state index contributed by atoms with van der Waals surface area (Å²) in [5.74, 6) is -0.190. The predicted molar refractivity (Wildman–Crippen MR) is 309 cm³/mol. The summed E-state index contributed by atoms with van der Waals surface area (Å²) < 4.78 is 23.7. The molecule has 0 aromatic heterocycles. The number of nitrogens with zero attached hydrogens (tertiary/aromatic N) is 1. The van der Waals surface area contributed by atoms with E-state index in [2.05, 4.69) is 67.8 Å². The van der Waals surface area contributed by atoms with Gasteiger partial charge in [-0.3, -0.25) is 13.8 Å². The molecule has 0 saturated heterocycles. The van der Waals surface area contributed by atoms with Crippen molar-refractivity contribution in [1.82, 2.24) is 5.32 Å². The topological polar surface area (TPSA) is 105 Å². The van der Waals surface area contributed by atoms with Gasteiger partial charge in [0.15, 0.2) is 0 Å². The molecule has 0 fully saturated rings. The highest BCUT2D eigenvalue weighted by molar-refractivity contribution is 7.47. The standard InChI is InChI=1S/C62H117N2O6P/c1-6-8-10-12-14-16-18-20-22-24-25-26-27-28-29-30-31-32-33-34-35-36-37-38-39-40-42-44-46-48-50-52-54-56-62(66)63-60(59-70-71(67,68)69-58-57-64(3,4)5)61(65)55-53-51-49-47-45-43-41-23-21-19-17-15-13-11-9-7-2/h21,23,25-26,28-29,45,47,53,55,60-61,65H,6-20,22,24,27,30-44,46,48-52,54,56-59H2,1-5H3,(H-,63,66,67,68)/p+1/b23-21+,26-25-,29-28-,47-45+,55-53+. The summed E-state index contributed by atoms with van der Waals surface area (Å²) in [7, 11) is 1.55. The van der Waals surface area contributed by atoms with Crippen molar-refractivity contribution in [3.05, 3.63) is 60.8 Å². The number of phosphoric acid groups is 1. The first kappa shape index (κ1) is 69.2. The van der Waals surface area contributed by atoms with E-state index in [0.717, 1.165) is 51.4 Å². The molecule has 71 heavy (non-hydrogen) atoms. The molecule has 8 nitrogen and oxygen atoms in total. The van der Waals surface area contributed by atoms with Gasteiger partial charge < -0.3 is 19.8 Å². The molecule has 9 heteroatoms. The van der Waals surface area contributed by atoms with Crippen molar-refractivity contribution in [3.8, 4) is 0 Å². The van der Waals surface area contributed by atoms with E-state index in [9.17, 15) is 19.4 Å². The number of allylic oxidation sites excluding steroid dienone is 9. The number of hydrogen-bond donors (Lipinski definition) is 3. The van der Waals surface area contributed by atoms with Crippen molar-refractivity contribution in [3.63, 3.8) is 0 Å². The Bertz CT molecular complexity index is 1340. The molecule has 0 rings (SSSR count). The summed E-state index contributed by atoms with van der Waals surface area (Å²) in [6, 6.07) is -0.871. The molecule has 0 spiro atoms. The lowest BCUT2D eigenvalue weighted by atomic mass is 10.0. The van der Waals surface area contributed by atoms with Gasteiger partial charge in [0.25, 0.3) is 0 Å². The first-order chi connectivity index (χ1) is 34.5. The lowest BCUT2D eigenvalue weighted by Crippen LogP contribution is -2.45. The van der Waals surface area contributed by atoms with E-state index in [-0.39, 0.29) is 19.1 Å². The summed E-state index contributed by atoms with van der Waals surface area (Å²) in [6.45, 7) is 4.79. The van der Waals surface area contributed by atoms with E-state index in [0.29, 0.717) is 17.4 Å². The number of rotatable bonds is 55. The Kier molecular flexibility index (Phi) is 51.7. The zero-order chi connectivity index (χ0) is 52.0. The van der Waals surface area contributed by atoms with Crippen LogP contribution in [0.15, 0.2) is 60.8 Å². The fourth-order valence-electron chi connectivity index (χ4n) is 8.69. The molecule has 3 atom stereocenters. The van der Waals surface area contributed by atoms with Gasteiger partial charge in [0, 0.05) is 6.42 Å². The van der Waals surface area contributed by atoms with Gasteiger partial charge >= 0.3 is 7.82 Å². The van der Waals surface area contributed by atoms with E-state index in [1.54, 1.807) is 6.08 Å². The number of amides is 1. The Morgan fingerprint density at radius 3 is 1.21 bits per heavy atom. The Morgan fingerprint density at radius 1 is 0.479 bits per heavy atom. The van der Waals surface area contributed by atoms with Crippen LogP contribution in [0.5, 0.6) is 0 Å². The van der Waals surface area contributed by atoms with Crippen LogP contribution >= 0.6 is 7.82 Å². The van der Waals surface area contributed by atoms with Crippen molar-refractivity contribution in [2.75, 3.05) is 40.9 Å². The average molecular weight is 1020 g/mol. The number of phosphoric ester groups is 1. The van der Waals surface area contributed by atoms with Crippen LogP contribution in [-0.4, -0.2) is 73.4 Å². The molecule has 416 valence electrons. The number of aliphatic hydroxyl groups excluding tert-OH is 1. The molecule has 0 radical (unpaired) electrons. The number of carbonyl (C=O) groups excluding carboxylic acids is 1. The van der Waals surface area contributed by atoms with Gasteiger partial charge in [-0.25, -0.2) is 4.57 Å². The van der Waals surface area contributed by atoms with E-state index in [1.165, 1.54) is 205 Å². The SMILES string of the molecule is CCCCCCCC/C=C/CC/C=C/CC/C=C/C(O)C(COP(=O)(O)OCC[N+](C)(C)C)NC(=O)CCCCCCCCCCCCCCCCCCC/C=C\C/C=C\CCCCCCCCCCC. The lowest BCUT2D eigenvalue weighted by Gasteiger charge is -2.25. The highest BCUT2D eigenvalue weighted by Gasteiger charge is 2.27. The van der Waals surface area contributed by atoms with Crippen LogP contribution in [0, 0.1) is 0 Å². The number of unbranched alkanes of at least 4 members (excludes halogenated alkanes) is 34. The zero-order valence-corrected chi connectivity index (χ0v) is 48.4. The van der Waals surface area contributed by atoms with E-state index >= 15 is 0 Å². The molecule has 0 saturated carbocycles. The van der Waals surface area contributed by atoms with Gasteiger partial charge in [-0.1, -0.05) is 254 Å². The van der Waals surface area contributed by atoms with Gasteiger partial charge in [0.2, 0.25) is 5.91 Å². The molecule has 0 aliphatic carbocycles.